The van der Waals surface area contributed by atoms with Gasteiger partial charge in [-0.2, -0.15) is 9.61 Å². The highest BCUT2D eigenvalue weighted by molar-refractivity contribution is 7.99. The van der Waals surface area contributed by atoms with Gasteiger partial charge < -0.3 is 10.1 Å². The molecule has 2 aromatic heterocycles. The number of fused-ring (bicyclic) bond motifs is 1. The van der Waals surface area contributed by atoms with E-state index in [1.165, 1.54) is 16.3 Å². The maximum atomic E-state index is 12.2. The Hall–Kier alpha value is -2.88. The predicted octanol–water partition coefficient (Wildman–Crippen LogP) is 1.85. The maximum Gasteiger partial charge on any atom is 0.274 e. The Kier molecular flexibility index (Phi) is 5.17. The highest BCUT2D eigenvalue weighted by Crippen LogP contribution is 2.20. The summed E-state index contributed by atoms with van der Waals surface area (Å²) in [5, 5.41) is 15.5. The second kappa shape index (κ2) is 7.39. The van der Waals surface area contributed by atoms with Crippen molar-refractivity contribution in [2.45, 2.75) is 31.3 Å². The van der Waals surface area contributed by atoms with Crippen LogP contribution in [0.5, 0.6) is 5.75 Å². The largest absolute Gasteiger partial charge is 0.497 e. The van der Waals surface area contributed by atoms with Crippen molar-refractivity contribution >= 4 is 29.1 Å². The van der Waals surface area contributed by atoms with Gasteiger partial charge in [-0.15, -0.1) is 10.2 Å². The molecule has 0 atom stereocenters. The summed E-state index contributed by atoms with van der Waals surface area (Å²) in [4.78, 5) is 27.0. The Morgan fingerprint density at radius 1 is 1.33 bits per heavy atom. The van der Waals surface area contributed by atoms with Gasteiger partial charge in [0.1, 0.15) is 11.4 Å². The highest BCUT2D eigenvalue weighted by Gasteiger charge is 2.22. The van der Waals surface area contributed by atoms with Crippen LogP contribution >= 0.6 is 11.8 Å². The van der Waals surface area contributed by atoms with Gasteiger partial charge in [-0.1, -0.05) is 38.6 Å². The molecule has 27 heavy (non-hydrogen) atoms. The van der Waals surface area contributed by atoms with Gasteiger partial charge in [0.15, 0.2) is 0 Å². The molecule has 0 fully saturated rings. The van der Waals surface area contributed by atoms with Crippen molar-refractivity contribution in [1.82, 2.24) is 24.8 Å². The van der Waals surface area contributed by atoms with Crippen LogP contribution < -0.4 is 15.6 Å². The number of hydrogen-bond acceptors (Lipinski definition) is 7. The van der Waals surface area contributed by atoms with E-state index in [9.17, 15) is 9.59 Å². The van der Waals surface area contributed by atoms with Gasteiger partial charge in [0.25, 0.3) is 11.3 Å². The van der Waals surface area contributed by atoms with Crippen molar-refractivity contribution < 1.29 is 9.53 Å². The van der Waals surface area contributed by atoms with Gasteiger partial charge in [0, 0.05) is 17.2 Å². The van der Waals surface area contributed by atoms with E-state index in [0.29, 0.717) is 22.3 Å². The average Bonchev–Trinajstić information content (AvgIpc) is 3.00. The number of ether oxygens (including phenoxy) is 1. The Balaban J connectivity index is 1.75. The van der Waals surface area contributed by atoms with Gasteiger partial charge in [-0.3, -0.25) is 14.6 Å². The van der Waals surface area contributed by atoms with Crippen LogP contribution in [-0.2, 0) is 10.2 Å². The van der Waals surface area contributed by atoms with Gasteiger partial charge in [0.05, 0.1) is 12.9 Å². The standard InChI is InChI=1S/C17H20N6O3S/c1-17(2,3)13-14(25)19-15-20-21-16(23(15)22-13)27-9-12(24)18-10-6-5-7-11(8-10)26-4/h5-8H,9H2,1-4H3,(H,18,24)(H,19,20,25). The number of aromatic amines is 1. The van der Waals surface area contributed by atoms with Crippen LogP contribution in [0, 0.1) is 0 Å². The summed E-state index contributed by atoms with van der Waals surface area (Å²) in [5.41, 5.74) is 0.285. The molecule has 0 saturated heterocycles. The van der Waals surface area contributed by atoms with Crippen LogP contribution in [0.15, 0.2) is 34.2 Å². The molecule has 142 valence electrons. The summed E-state index contributed by atoms with van der Waals surface area (Å²) in [6.07, 6.45) is 0. The quantitative estimate of drug-likeness (QED) is 0.641. The zero-order chi connectivity index (χ0) is 19.6. The molecule has 0 saturated carbocycles. The normalized spacial score (nSPS) is 11.6. The summed E-state index contributed by atoms with van der Waals surface area (Å²) in [7, 11) is 1.57. The molecule has 1 amide bonds. The van der Waals surface area contributed by atoms with E-state index in [1.54, 1.807) is 31.4 Å². The minimum absolute atomic E-state index is 0.115. The molecule has 1 aromatic carbocycles. The Labute approximate surface area is 159 Å². The highest BCUT2D eigenvalue weighted by atomic mass is 32.2. The fraction of sp³-hybridized carbons (Fsp3) is 0.353. The number of methoxy groups -OCH3 is 1. The number of thioether (sulfide) groups is 1. The fourth-order valence-corrected chi connectivity index (χ4v) is 3.03. The van der Waals surface area contributed by atoms with Crippen molar-refractivity contribution in [2.75, 3.05) is 18.2 Å². The number of H-pyrrole nitrogens is 1. The lowest BCUT2D eigenvalue weighted by atomic mass is 9.93. The molecular weight excluding hydrogens is 368 g/mol. The summed E-state index contributed by atoms with van der Waals surface area (Å²) in [6.45, 7) is 5.69. The van der Waals surface area contributed by atoms with Gasteiger partial charge >= 0.3 is 0 Å². The number of carbonyl (C=O) groups excluding carboxylic acids is 1. The minimum Gasteiger partial charge on any atom is -0.497 e. The van der Waals surface area contributed by atoms with Crippen molar-refractivity contribution in [2.24, 2.45) is 0 Å². The number of carbonyl (C=O) groups is 1. The molecule has 3 aromatic rings. The third kappa shape index (κ3) is 4.27. The lowest BCUT2D eigenvalue weighted by molar-refractivity contribution is -0.113. The predicted molar refractivity (Wildman–Crippen MR) is 102 cm³/mol. The molecule has 0 bridgehead atoms. The molecule has 0 aliphatic rings. The number of nitrogens with zero attached hydrogens (tertiary/aromatic N) is 4. The number of anilines is 1. The molecule has 0 unspecified atom stereocenters. The molecule has 10 heteroatoms. The van der Waals surface area contributed by atoms with E-state index in [4.69, 9.17) is 4.74 Å². The number of benzene rings is 1. The summed E-state index contributed by atoms with van der Waals surface area (Å²) >= 11 is 1.18. The van der Waals surface area contributed by atoms with Crippen LogP contribution in [0.1, 0.15) is 26.5 Å². The first-order valence-corrected chi connectivity index (χ1v) is 9.19. The molecule has 9 nitrogen and oxygen atoms in total. The molecule has 0 aliphatic heterocycles. The number of nitrogens with one attached hydrogen (secondary N) is 2. The Morgan fingerprint density at radius 2 is 2.11 bits per heavy atom. The first-order chi connectivity index (χ1) is 12.8. The molecule has 3 rings (SSSR count). The lowest BCUT2D eigenvalue weighted by Gasteiger charge is -2.15. The molecule has 0 aliphatic carbocycles. The molecule has 0 radical (unpaired) electrons. The van der Waals surface area contributed by atoms with Crippen LogP contribution in [0.4, 0.5) is 5.69 Å². The topological polar surface area (TPSA) is 114 Å². The second-order valence-corrected chi connectivity index (χ2v) is 7.78. The number of hydrogen-bond donors (Lipinski definition) is 2. The van der Waals surface area contributed by atoms with E-state index in [-0.39, 0.29) is 23.0 Å². The average molecular weight is 388 g/mol. The van der Waals surface area contributed by atoms with E-state index < -0.39 is 5.41 Å². The zero-order valence-corrected chi connectivity index (χ0v) is 16.3. The van der Waals surface area contributed by atoms with Crippen LogP contribution in [0.2, 0.25) is 0 Å². The van der Waals surface area contributed by atoms with Crippen LogP contribution in [0.3, 0.4) is 0 Å². The van der Waals surface area contributed by atoms with Gasteiger partial charge in [-0.25, -0.2) is 0 Å². The zero-order valence-electron chi connectivity index (χ0n) is 15.4. The SMILES string of the molecule is COc1cccc(NC(=O)CSc2nnc3[nH]c(=O)c(C(C)(C)C)nn23)c1. The molecule has 0 spiro atoms. The van der Waals surface area contributed by atoms with Crippen molar-refractivity contribution in [3.63, 3.8) is 0 Å². The summed E-state index contributed by atoms with van der Waals surface area (Å²) in [6, 6.07) is 7.10. The van der Waals surface area contributed by atoms with Crippen LogP contribution in [0.25, 0.3) is 5.78 Å². The van der Waals surface area contributed by atoms with Crippen molar-refractivity contribution in [1.29, 1.82) is 0 Å². The number of amides is 1. The second-order valence-electron chi connectivity index (χ2n) is 6.84. The number of rotatable bonds is 5. The molecule has 2 N–H and O–H groups in total. The van der Waals surface area contributed by atoms with E-state index >= 15 is 0 Å². The van der Waals surface area contributed by atoms with Crippen molar-refractivity contribution in [3.8, 4) is 5.75 Å². The van der Waals surface area contributed by atoms with E-state index in [1.807, 2.05) is 20.8 Å². The lowest BCUT2D eigenvalue weighted by Crippen LogP contribution is -2.28. The third-order valence-electron chi connectivity index (χ3n) is 3.65. The van der Waals surface area contributed by atoms with Gasteiger partial charge in [0.2, 0.25) is 11.1 Å². The van der Waals surface area contributed by atoms with E-state index in [0.717, 1.165) is 0 Å². The minimum atomic E-state index is -0.433. The first-order valence-electron chi connectivity index (χ1n) is 8.21. The molecule has 2 heterocycles. The van der Waals surface area contributed by atoms with Crippen LogP contribution in [-0.4, -0.2) is 43.6 Å². The third-order valence-corrected chi connectivity index (χ3v) is 4.57. The Bertz CT molecular complexity index is 1040. The Morgan fingerprint density at radius 3 is 2.81 bits per heavy atom. The number of aromatic nitrogens is 5. The monoisotopic (exact) mass is 388 g/mol. The van der Waals surface area contributed by atoms with Gasteiger partial charge in [-0.05, 0) is 12.1 Å². The summed E-state index contributed by atoms with van der Waals surface area (Å²) < 4.78 is 6.59. The molecular formula is C17H20N6O3S. The van der Waals surface area contributed by atoms with Crippen molar-refractivity contribution in [3.05, 3.63) is 40.3 Å². The maximum absolute atomic E-state index is 12.2. The van der Waals surface area contributed by atoms with E-state index in [2.05, 4.69) is 25.6 Å². The first kappa shape index (κ1) is 18.9. The summed E-state index contributed by atoms with van der Waals surface area (Å²) in [5.74, 6) is 0.810. The fourth-order valence-electron chi connectivity index (χ4n) is 2.35. The smallest absolute Gasteiger partial charge is 0.274 e.